The fourth-order valence-corrected chi connectivity index (χ4v) is 2.66. The molecule has 1 heterocycles. The molecule has 0 amide bonds. The molecule has 2 atom stereocenters. The molecule has 94 valence electrons. The van der Waals surface area contributed by atoms with E-state index in [0.29, 0.717) is 18.5 Å². The number of benzene rings is 1. The molecule has 1 saturated heterocycles. The van der Waals surface area contributed by atoms with Gasteiger partial charge in [0.2, 0.25) is 0 Å². The van der Waals surface area contributed by atoms with Crippen LogP contribution in [0.25, 0.3) is 0 Å². The topological polar surface area (TPSA) is 15.3 Å². The maximum Gasteiger partial charge on any atom is 0.127 e. The van der Waals surface area contributed by atoms with Crippen molar-refractivity contribution in [3.8, 4) is 0 Å². The van der Waals surface area contributed by atoms with E-state index in [-0.39, 0.29) is 5.82 Å². The van der Waals surface area contributed by atoms with Crippen molar-refractivity contribution in [2.45, 2.75) is 25.9 Å². The van der Waals surface area contributed by atoms with Gasteiger partial charge in [-0.3, -0.25) is 4.90 Å². The number of hydrogen-bond donors (Lipinski definition) is 1. The van der Waals surface area contributed by atoms with Gasteiger partial charge in [0, 0.05) is 24.7 Å². The van der Waals surface area contributed by atoms with Crippen molar-refractivity contribution >= 4 is 0 Å². The molecule has 3 heteroatoms. The van der Waals surface area contributed by atoms with Gasteiger partial charge < -0.3 is 5.32 Å². The second kappa shape index (κ2) is 5.61. The van der Waals surface area contributed by atoms with Crippen LogP contribution in [-0.4, -0.2) is 31.1 Å². The second-order valence-corrected chi connectivity index (χ2v) is 4.90. The molecule has 1 aromatic rings. The number of rotatable bonds is 4. The maximum absolute atomic E-state index is 13.6. The Balaban J connectivity index is 2.01. The van der Waals surface area contributed by atoms with E-state index in [2.05, 4.69) is 24.2 Å². The number of halogens is 1. The Labute approximate surface area is 103 Å². The lowest BCUT2D eigenvalue weighted by Crippen LogP contribution is -2.37. The fourth-order valence-electron chi connectivity index (χ4n) is 2.66. The summed E-state index contributed by atoms with van der Waals surface area (Å²) in [6, 6.07) is 7.57. The summed E-state index contributed by atoms with van der Waals surface area (Å²) in [5.41, 5.74) is 0.789. The summed E-state index contributed by atoms with van der Waals surface area (Å²) in [4.78, 5) is 2.27. The molecule has 17 heavy (non-hydrogen) atoms. The summed E-state index contributed by atoms with van der Waals surface area (Å²) in [6.07, 6.45) is 1.18. The van der Waals surface area contributed by atoms with E-state index < -0.39 is 0 Å². The number of likely N-dealkylation sites (N-methyl/N-ethyl adjacent to an activating group) is 1. The largest absolute Gasteiger partial charge is 0.315 e. The van der Waals surface area contributed by atoms with E-state index in [1.54, 1.807) is 6.07 Å². The second-order valence-electron chi connectivity index (χ2n) is 4.90. The minimum Gasteiger partial charge on any atom is -0.315 e. The van der Waals surface area contributed by atoms with Crippen molar-refractivity contribution < 1.29 is 4.39 Å². The van der Waals surface area contributed by atoms with Crippen molar-refractivity contribution in [2.75, 3.05) is 20.1 Å². The first-order valence-corrected chi connectivity index (χ1v) is 6.36. The molecule has 0 saturated carbocycles. The Morgan fingerprint density at radius 3 is 2.82 bits per heavy atom. The van der Waals surface area contributed by atoms with Gasteiger partial charge in [-0.2, -0.15) is 0 Å². The summed E-state index contributed by atoms with van der Waals surface area (Å²) < 4.78 is 13.6. The van der Waals surface area contributed by atoms with Crippen LogP contribution in [0.3, 0.4) is 0 Å². The lowest BCUT2D eigenvalue weighted by molar-refractivity contribution is 0.199. The van der Waals surface area contributed by atoms with Crippen LogP contribution in [0.5, 0.6) is 0 Å². The summed E-state index contributed by atoms with van der Waals surface area (Å²) in [5, 5.41) is 3.42. The minimum absolute atomic E-state index is 0.0987. The van der Waals surface area contributed by atoms with E-state index >= 15 is 0 Å². The fraction of sp³-hybridized carbons (Fsp3) is 0.571. The summed E-state index contributed by atoms with van der Waals surface area (Å²) in [5.74, 6) is 0.588. The first kappa shape index (κ1) is 12.5. The average molecular weight is 236 g/mol. The van der Waals surface area contributed by atoms with E-state index in [1.807, 2.05) is 12.1 Å². The van der Waals surface area contributed by atoms with Crippen molar-refractivity contribution in [3.05, 3.63) is 35.6 Å². The van der Waals surface area contributed by atoms with Crippen LogP contribution in [-0.2, 0) is 6.54 Å². The van der Waals surface area contributed by atoms with Crippen molar-refractivity contribution in [2.24, 2.45) is 5.92 Å². The van der Waals surface area contributed by atoms with Gasteiger partial charge in [0.05, 0.1) is 0 Å². The lowest BCUT2D eigenvalue weighted by Gasteiger charge is -2.28. The highest BCUT2D eigenvalue weighted by molar-refractivity contribution is 5.17. The van der Waals surface area contributed by atoms with Crippen LogP contribution >= 0.6 is 0 Å². The average Bonchev–Trinajstić information content (AvgIpc) is 2.80. The number of hydrogen-bond acceptors (Lipinski definition) is 2. The highest BCUT2D eigenvalue weighted by atomic mass is 19.1. The normalized spacial score (nSPS) is 24.5. The molecule has 2 rings (SSSR count). The molecule has 1 aliphatic rings. The first-order chi connectivity index (χ1) is 8.22. The van der Waals surface area contributed by atoms with E-state index in [9.17, 15) is 4.39 Å². The zero-order valence-corrected chi connectivity index (χ0v) is 10.6. The Hall–Kier alpha value is -0.930. The van der Waals surface area contributed by atoms with Crippen LogP contribution in [0, 0.1) is 11.7 Å². The molecule has 2 nitrogen and oxygen atoms in total. The number of nitrogens with one attached hydrogen (secondary N) is 1. The van der Waals surface area contributed by atoms with Crippen molar-refractivity contribution in [3.63, 3.8) is 0 Å². The van der Waals surface area contributed by atoms with Gasteiger partial charge in [0.15, 0.2) is 0 Å². The molecule has 2 unspecified atom stereocenters. The van der Waals surface area contributed by atoms with Gasteiger partial charge in [-0.05, 0) is 25.6 Å². The highest BCUT2D eigenvalue weighted by Crippen LogP contribution is 2.20. The van der Waals surface area contributed by atoms with Gasteiger partial charge in [0.1, 0.15) is 5.82 Å². The van der Waals surface area contributed by atoms with Crippen LogP contribution < -0.4 is 5.32 Å². The first-order valence-electron chi connectivity index (χ1n) is 6.36. The molecule has 1 fully saturated rings. The summed E-state index contributed by atoms with van der Waals surface area (Å²) >= 11 is 0. The molecule has 0 radical (unpaired) electrons. The van der Waals surface area contributed by atoms with E-state index in [0.717, 1.165) is 18.7 Å². The molecule has 0 bridgehead atoms. The Kier molecular flexibility index (Phi) is 4.13. The molecule has 1 aliphatic heterocycles. The van der Waals surface area contributed by atoms with Crippen LogP contribution in [0.1, 0.15) is 18.9 Å². The van der Waals surface area contributed by atoms with Gasteiger partial charge in [-0.15, -0.1) is 0 Å². The van der Waals surface area contributed by atoms with E-state index in [4.69, 9.17) is 0 Å². The molecular weight excluding hydrogens is 215 g/mol. The third-order valence-electron chi connectivity index (χ3n) is 3.77. The lowest BCUT2D eigenvalue weighted by atomic mass is 9.99. The third-order valence-corrected chi connectivity index (χ3v) is 3.77. The predicted molar refractivity (Wildman–Crippen MR) is 68.3 cm³/mol. The zero-order valence-electron chi connectivity index (χ0n) is 10.6. The van der Waals surface area contributed by atoms with E-state index in [1.165, 1.54) is 12.5 Å². The molecule has 1 aromatic carbocycles. The molecule has 1 N–H and O–H groups in total. The molecule has 0 aliphatic carbocycles. The van der Waals surface area contributed by atoms with Crippen molar-refractivity contribution in [1.82, 2.24) is 10.2 Å². The molecule has 0 spiro atoms. The quantitative estimate of drug-likeness (QED) is 0.862. The predicted octanol–water partition coefficient (Wildman–Crippen LogP) is 2.26. The van der Waals surface area contributed by atoms with Crippen molar-refractivity contribution in [1.29, 1.82) is 0 Å². The Morgan fingerprint density at radius 2 is 2.12 bits per heavy atom. The van der Waals surface area contributed by atoms with Gasteiger partial charge in [-0.1, -0.05) is 31.5 Å². The van der Waals surface area contributed by atoms with Gasteiger partial charge in [-0.25, -0.2) is 4.39 Å². The summed E-state index contributed by atoms with van der Waals surface area (Å²) in [7, 11) is 2.09. The van der Waals surface area contributed by atoms with Gasteiger partial charge >= 0.3 is 0 Å². The van der Waals surface area contributed by atoms with Crippen LogP contribution in [0.4, 0.5) is 4.39 Å². The molecule has 0 aromatic heterocycles. The highest BCUT2D eigenvalue weighted by Gasteiger charge is 2.28. The summed E-state index contributed by atoms with van der Waals surface area (Å²) in [6.45, 7) is 5.02. The standard InChI is InChI=1S/C14H21FN2/c1-3-11-8-16-9-14(11)17(2)10-12-6-4-5-7-13(12)15/h4-7,11,14,16H,3,8-10H2,1-2H3. The smallest absolute Gasteiger partial charge is 0.127 e. The zero-order chi connectivity index (χ0) is 12.3. The number of nitrogens with zero attached hydrogens (tertiary/aromatic N) is 1. The minimum atomic E-state index is -0.0987. The maximum atomic E-state index is 13.6. The van der Waals surface area contributed by atoms with Gasteiger partial charge in [0.25, 0.3) is 0 Å². The van der Waals surface area contributed by atoms with Crippen LogP contribution in [0.15, 0.2) is 24.3 Å². The SMILES string of the molecule is CCC1CNCC1N(C)Cc1ccccc1F. The monoisotopic (exact) mass is 236 g/mol. The molecular formula is C14H21FN2. The third kappa shape index (κ3) is 2.85. The Morgan fingerprint density at radius 1 is 1.35 bits per heavy atom. The van der Waals surface area contributed by atoms with Crippen LogP contribution in [0.2, 0.25) is 0 Å². The Bertz CT molecular complexity index is 367.